The fraction of sp³-hybridized carbons (Fsp3) is 0.680. The van der Waals surface area contributed by atoms with Crippen molar-refractivity contribution in [1.29, 1.82) is 0 Å². The number of hydrogen-bond acceptors (Lipinski definition) is 2. The number of amides is 3. The molecule has 4 rings (SSSR count). The maximum atomic E-state index is 12.8. The molecule has 30 heavy (non-hydrogen) atoms. The SMILES string of the molecule is CCN(CC)C(=O)CC1CC2(CCN(C(=O)NC3CCCC3)CC2)c2ccccc21. The number of rotatable bonds is 5. The van der Waals surface area contributed by atoms with E-state index in [9.17, 15) is 9.59 Å². The Hall–Kier alpha value is -2.04. The molecule has 0 radical (unpaired) electrons. The molecule has 1 saturated heterocycles. The number of fused-ring (bicyclic) bond motifs is 2. The zero-order chi connectivity index (χ0) is 21.1. The maximum Gasteiger partial charge on any atom is 0.317 e. The van der Waals surface area contributed by atoms with Crippen LogP contribution in [0.1, 0.15) is 82.3 Å². The smallest absolute Gasteiger partial charge is 0.317 e. The summed E-state index contributed by atoms with van der Waals surface area (Å²) in [5.41, 5.74) is 2.91. The van der Waals surface area contributed by atoms with Gasteiger partial charge in [0, 0.05) is 38.6 Å². The van der Waals surface area contributed by atoms with E-state index in [0.717, 1.165) is 58.3 Å². The van der Waals surface area contributed by atoms with E-state index < -0.39 is 0 Å². The fourth-order valence-electron chi connectivity index (χ4n) is 6.07. The van der Waals surface area contributed by atoms with Gasteiger partial charge >= 0.3 is 6.03 Å². The van der Waals surface area contributed by atoms with Crippen LogP contribution in [-0.4, -0.2) is 54.0 Å². The lowest BCUT2D eigenvalue weighted by Gasteiger charge is -2.40. The molecular formula is C25H37N3O2. The molecule has 1 aliphatic heterocycles. The summed E-state index contributed by atoms with van der Waals surface area (Å²) in [6.45, 7) is 7.28. The first kappa shape index (κ1) is 21.2. The first-order chi connectivity index (χ1) is 14.6. The zero-order valence-electron chi connectivity index (χ0n) is 18.7. The number of likely N-dealkylation sites (tertiary alicyclic amines) is 1. The topological polar surface area (TPSA) is 52.7 Å². The Kier molecular flexibility index (Phi) is 6.35. The molecule has 1 aromatic rings. The number of piperidine rings is 1. The second-order valence-electron chi connectivity index (χ2n) is 9.46. The van der Waals surface area contributed by atoms with Gasteiger partial charge in [0.1, 0.15) is 0 Å². The predicted molar refractivity (Wildman–Crippen MR) is 120 cm³/mol. The van der Waals surface area contributed by atoms with Gasteiger partial charge in [-0.25, -0.2) is 4.79 Å². The molecule has 1 atom stereocenters. The lowest BCUT2D eigenvalue weighted by molar-refractivity contribution is -0.131. The van der Waals surface area contributed by atoms with Gasteiger partial charge in [0.15, 0.2) is 0 Å². The third-order valence-electron chi connectivity index (χ3n) is 7.84. The van der Waals surface area contributed by atoms with E-state index in [1.807, 2.05) is 9.80 Å². The van der Waals surface area contributed by atoms with Crippen LogP contribution in [0.2, 0.25) is 0 Å². The van der Waals surface area contributed by atoms with Crippen LogP contribution in [-0.2, 0) is 10.2 Å². The number of benzene rings is 1. The normalized spacial score (nSPS) is 22.9. The third kappa shape index (κ3) is 4.08. The number of nitrogens with one attached hydrogen (secondary N) is 1. The molecule has 1 heterocycles. The Morgan fingerprint density at radius 2 is 1.77 bits per heavy atom. The van der Waals surface area contributed by atoms with Crippen molar-refractivity contribution in [2.24, 2.45) is 0 Å². The largest absolute Gasteiger partial charge is 0.343 e. The summed E-state index contributed by atoms with van der Waals surface area (Å²) < 4.78 is 0. The molecule has 1 N–H and O–H groups in total. The second-order valence-corrected chi connectivity index (χ2v) is 9.46. The number of nitrogens with zero attached hydrogens (tertiary/aromatic N) is 2. The summed E-state index contributed by atoms with van der Waals surface area (Å²) in [4.78, 5) is 29.5. The van der Waals surface area contributed by atoms with E-state index in [0.29, 0.717) is 18.4 Å². The maximum absolute atomic E-state index is 12.8. The van der Waals surface area contributed by atoms with Gasteiger partial charge in [-0.3, -0.25) is 4.79 Å². The van der Waals surface area contributed by atoms with Crippen molar-refractivity contribution in [3.05, 3.63) is 35.4 Å². The summed E-state index contributed by atoms with van der Waals surface area (Å²) in [6, 6.07) is 9.23. The van der Waals surface area contributed by atoms with Crippen LogP contribution in [0, 0.1) is 0 Å². The lowest BCUT2D eigenvalue weighted by atomic mass is 9.73. The second kappa shape index (κ2) is 8.99. The monoisotopic (exact) mass is 411 g/mol. The average Bonchev–Trinajstić information content (AvgIpc) is 3.37. The predicted octanol–water partition coefficient (Wildman–Crippen LogP) is 4.42. The highest BCUT2D eigenvalue weighted by Gasteiger charge is 2.46. The minimum Gasteiger partial charge on any atom is -0.343 e. The van der Waals surface area contributed by atoms with Crippen LogP contribution in [0.25, 0.3) is 0 Å². The molecule has 5 heteroatoms. The molecule has 1 aromatic carbocycles. The molecular weight excluding hydrogens is 374 g/mol. The minimum absolute atomic E-state index is 0.120. The van der Waals surface area contributed by atoms with E-state index in [1.54, 1.807) is 0 Å². The average molecular weight is 412 g/mol. The van der Waals surface area contributed by atoms with Crippen LogP contribution in [0.15, 0.2) is 24.3 Å². The molecule has 164 valence electrons. The van der Waals surface area contributed by atoms with Crippen molar-refractivity contribution in [3.63, 3.8) is 0 Å². The standard InChI is InChI=1S/C25H37N3O2/c1-3-27(4-2)23(29)17-19-18-25(22-12-8-7-11-21(19)22)13-15-28(16-14-25)24(30)26-20-9-5-6-10-20/h7-8,11-12,19-20H,3-6,9-10,13-18H2,1-2H3,(H,26,30). The van der Waals surface area contributed by atoms with E-state index >= 15 is 0 Å². The highest BCUT2D eigenvalue weighted by molar-refractivity contribution is 5.77. The summed E-state index contributed by atoms with van der Waals surface area (Å²) >= 11 is 0. The van der Waals surface area contributed by atoms with Crippen LogP contribution in [0.4, 0.5) is 4.79 Å². The van der Waals surface area contributed by atoms with E-state index in [4.69, 9.17) is 0 Å². The van der Waals surface area contributed by atoms with Gasteiger partial charge in [0.05, 0.1) is 0 Å². The van der Waals surface area contributed by atoms with Crippen molar-refractivity contribution in [3.8, 4) is 0 Å². The molecule has 1 unspecified atom stereocenters. The van der Waals surface area contributed by atoms with Crippen LogP contribution >= 0.6 is 0 Å². The molecule has 0 aromatic heterocycles. The molecule has 0 bridgehead atoms. The Balaban J connectivity index is 1.43. The number of urea groups is 1. The van der Waals surface area contributed by atoms with Crippen molar-refractivity contribution in [2.75, 3.05) is 26.2 Å². The molecule has 1 spiro atoms. The zero-order valence-corrected chi connectivity index (χ0v) is 18.7. The molecule has 3 amide bonds. The Morgan fingerprint density at radius 3 is 2.43 bits per heavy atom. The van der Waals surface area contributed by atoms with E-state index in [2.05, 4.69) is 43.4 Å². The Bertz CT molecular complexity index is 759. The summed E-state index contributed by atoms with van der Waals surface area (Å²) in [5.74, 6) is 0.568. The van der Waals surface area contributed by atoms with Crippen LogP contribution in [0.3, 0.4) is 0 Å². The fourth-order valence-corrected chi connectivity index (χ4v) is 6.07. The van der Waals surface area contributed by atoms with Gasteiger partial charge in [0.25, 0.3) is 0 Å². The highest BCUT2D eigenvalue weighted by atomic mass is 16.2. The minimum atomic E-state index is 0.120. The van der Waals surface area contributed by atoms with Gasteiger partial charge in [-0.2, -0.15) is 0 Å². The first-order valence-electron chi connectivity index (χ1n) is 12.0. The van der Waals surface area contributed by atoms with Gasteiger partial charge < -0.3 is 15.1 Å². The van der Waals surface area contributed by atoms with Crippen LogP contribution < -0.4 is 5.32 Å². The van der Waals surface area contributed by atoms with E-state index in [1.165, 1.54) is 24.0 Å². The first-order valence-corrected chi connectivity index (χ1v) is 12.0. The number of hydrogen-bond donors (Lipinski definition) is 1. The van der Waals surface area contributed by atoms with Gasteiger partial charge in [0.2, 0.25) is 5.91 Å². The van der Waals surface area contributed by atoms with Gasteiger partial charge in [-0.05, 0) is 68.4 Å². The quantitative estimate of drug-likeness (QED) is 0.780. The molecule has 2 fully saturated rings. The Morgan fingerprint density at radius 1 is 1.10 bits per heavy atom. The molecule has 5 nitrogen and oxygen atoms in total. The summed E-state index contributed by atoms with van der Waals surface area (Å²) in [5, 5.41) is 3.24. The van der Waals surface area contributed by atoms with E-state index in [-0.39, 0.29) is 17.4 Å². The molecule has 1 saturated carbocycles. The van der Waals surface area contributed by atoms with Crippen LogP contribution in [0.5, 0.6) is 0 Å². The lowest BCUT2D eigenvalue weighted by Crippen LogP contribution is -2.50. The Labute approximate surface area is 181 Å². The summed E-state index contributed by atoms with van der Waals surface area (Å²) in [7, 11) is 0. The van der Waals surface area contributed by atoms with Gasteiger partial charge in [-0.15, -0.1) is 0 Å². The van der Waals surface area contributed by atoms with Crippen molar-refractivity contribution < 1.29 is 9.59 Å². The third-order valence-corrected chi connectivity index (χ3v) is 7.84. The van der Waals surface area contributed by atoms with Gasteiger partial charge in [-0.1, -0.05) is 37.1 Å². The van der Waals surface area contributed by atoms with Crippen molar-refractivity contribution in [1.82, 2.24) is 15.1 Å². The van der Waals surface area contributed by atoms with Crippen molar-refractivity contribution >= 4 is 11.9 Å². The summed E-state index contributed by atoms with van der Waals surface area (Å²) in [6.07, 6.45) is 8.36. The van der Waals surface area contributed by atoms with Crippen molar-refractivity contribution in [2.45, 2.75) is 82.6 Å². The molecule has 2 aliphatic carbocycles. The number of carbonyl (C=O) groups is 2. The molecule has 3 aliphatic rings. The number of carbonyl (C=O) groups excluding carboxylic acids is 2. The highest BCUT2D eigenvalue weighted by Crippen LogP contribution is 2.52.